The van der Waals surface area contributed by atoms with Crippen molar-refractivity contribution in [3.63, 3.8) is 0 Å². The van der Waals surface area contributed by atoms with Gasteiger partial charge in [-0.3, -0.25) is 14.7 Å². The molecule has 30 heavy (non-hydrogen) atoms. The summed E-state index contributed by atoms with van der Waals surface area (Å²) >= 11 is 0. The molecule has 7 heteroatoms. The minimum absolute atomic E-state index is 0. The lowest BCUT2D eigenvalue weighted by Gasteiger charge is -2.32. The van der Waals surface area contributed by atoms with Crippen molar-refractivity contribution in [2.45, 2.75) is 51.1 Å². The molecule has 2 fully saturated rings. The molecule has 1 atom stereocenters. The largest absolute Gasteiger partial charge is 0.355 e. The predicted octanol–water partition coefficient (Wildman–Crippen LogP) is 3.08. The Morgan fingerprint density at radius 3 is 2.50 bits per heavy atom. The van der Waals surface area contributed by atoms with Gasteiger partial charge in [0.05, 0.1) is 5.41 Å². The molecule has 2 aliphatic rings. The number of carbonyl (C=O) groups excluding carboxylic acids is 1. The van der Waals surface area contributed by atoms with Crippen LogP contribution in [0.25, 0.3) is 0 Å². The van der Waals surface area contributed by atoms with Gasteiger partial charge in [0.15, 0.2) is 5.96 Å². The summed E-state index contributed by atoms with van der Waals surface area (Å²) in [5.74, 6) is 1.04. The summed E-state index contributed by atoms with van der Waals surface area (Å²) in [4.78, 5) is 21.5. The minimum Gasteiger partial charge on any atom is -0.355 e. The molecule has 2 N–H and O–H groups in total. The zero-order valence-corrected chi connectivity index (χ0v) is 21.0. The van der Waals surface area contributed by atoms with Gasteiger partial charge in [-0.2, -0.15) is 0 Å². The van der Waals surface area contributed by atoms with Crippen LogP contribution in [0.15, 0.2) is 35.3 Å². The Morgan fingerprint density at radius 2 is 1.87 bits per heavy atom. The molecule has 0 radical (unpaired) electrons. The highest BCUT2D eigenvalue weighted by molar-refractivity contribution is 14.0. The van der Waals surface area contributed by atoms with Gasteiger partial charge in [-0.25, -0.2) is 0 Å². The van der Waals surface area contributed by atoms with E-state index in [9.17, 15) is 4.79 Å². The third-order valence-electron chi connectivity index (χ3n) is 6.47. The summed E-state index contributed by atoms with van der Waals surface area (Å²) in [6, 6.07) is 11.2. The Hall–Kier alpha value is -1.35. The maximum absolute atomic E-state index is 12.8. The van der Waals surface area contributed by atoms with Gasteiger partial charge in [0.25, 0.3) is 0 Å². The van der Waals surface area contributed by atoms with E-state index in [0.717, 1.165) is 51.3 Å². The first-order valence-electron chi connectivity index (χ1n) is 11.0. The van der Waals surface area contributed by atoms with Crippen LogP contribution >= 0.6 is 24.0 Å². The van der Waals surface area contributed by atoms with Gasteiger partial charge < -0.3 is 15.5 Å². The molecule has 1 aromatic carbocycles. The highest BCUT2D eigenvalue weighted by Gasteiger charge is 2.42. The number of nitrogens with one attached hydrogen (secondary N) is 2. The second kappa shape index (κ2) is 11.9. The normalized spacial score (nSPS) is 21.2. The molecular weight excluding hydrogens is 489 g/mol. The first kappa shape index (κ1) is 24.9. The zero-order valence-electron chi connectivity index (χ0n) is 18.7. The number of nitrogens with zero attached hydrogens (tertiary/aromatic N) is 3. The van der Waals surface area contributed by atoms with Crippen molar-refractivity contribution >= 4 is 35.8 Å². The lowest BCUT2D eigenvalue weighted by Crippen LogP contribution is -2.50. The number of benzene rings is 1. The van der Waals surface area contributed by atoms with Crippen LogP contribution in [0.4, 0.5) is 0 Å². The highest BCUT2D eigenvalue weighted by Crippen LogP contribution is 2.38. The maximum atomic E-state index is 12.8. The molecule has 1 aliphatic carbocycles. The van der Waals surface area contributed by atoms with Crippen LogP contribution in [0.5, 0.6) is 0 Å². The quantitative estimate of drug-likeness (QED) is 0.325. The van der Waals surface area contributed by atoms with Crippen molar-refractivity contribution < 1.29 is 4.79 Å². The molecule has 1 aromatic rings. The fourth-order valence-electron chi connectivity index (χ4n) is 4.83. The molecule has 3 rings (SSSR count). The Morgan fingerprint density at radius 1 is 1.17 bits per heavy atom. The van der Waals surface area contributed by atoms with Crippen LogP contribution < -0.4 is 10.6 Å². The van der Waals surface area contributed by atoms with Gasteiger partial charge in [-0.1, -0.05) is 43.2 Å². The number of hydrogen-bond donors (Lipinski definition) is 2. The summed E-state index contributed by atoms with van der Waals surface area (Å²) in [6.07, 6.45) is 6.63. The first-order valence-corrected chi connectivity index (χ1v) is 11.0. The van der Waals surface area contributed by atoms with E-state index >= 15 is 0 Å². The molecule has 1 saturated carbocycles. The fourth-order valence-corrected chi connectivity index (χ4v) is 4.83. The molecule has 168 valence electrons. The van der Waals surface area contributed by atoms with Crippen LogP contribution in [-0.2, 0) is 11.3 Å². The van der Waals surface area contributed by atoms with Crippen LogP contribution in [0.1, 0.15) is 44.1 Å². The van der Waals surface area contributed by atoms with Crippen molar-refractivity contribution in [1.82, 2.24) is 20.4 Å². The highest BCUT2D eigenvalue weighted by atomic mass is 127. The second-order valence-electron chi connectivity index (χ2n) is 8.75. The molecule has 1 saturated heterocycles. The number of hydrogen-bond acceptors (Lipinski definition) is 3. The van der Waals surface area contributed by atoms with Crippen molar-refractivity contribution in [1.29, 1.82) is 0 Å². The lowest BCUT2D eigenvalue weighted by atomic mass is 9.84. The molecule has 1 heterocycles. The van der Waals surface area contributed by atoms with Gasteiger partial charge in [-0.15, -0.1) is 24.0 Å². The number of guanidine groups is 1. The number of halogens is 1. The molecule has 1 aliphatic heterocycles. The lowest BCUT2D eigenvalue weighted by molar-refractivity contribution is -0.138. The van der Waals surface area contributed by atoms with Gasteiger partial charge in [0.1, 0.15) is 0 Å². The minimum atomic E-state index is -0.284. The number of likely N-dealkylation sites (tertiary alicyclic amines) is 1. The number of carbonyl (C=O) groups is 1. The topological polar surface area (TPSA) is 60.0 Å². The number of aliphatic imine (C=N–C) groups is 1. The monoisotopic (exact) mass is 527 g/mol. The fraction of sp³-hybridized carbons (Fsp3) is 0.652. The Kier molecular flexibility index (Phi) is 9.87. The van der Waals surface area contributed by atoms with E-state index in [2.05, 4.69) is 50.9 Å². The van der Waals surface area contributed by atoms with Crippen molar-refractivity contribution in [2.75, 3.05) is 40.8 Å². The third-order valence-corrected chi connectivity index (χ3v) is 6.47. The molecule has 1 amide bonds. The van der Waals surface area contributed by atoms with Crippen LogP contribution in [0, 0.1) is 5.41 Å². The summed E-state index contributed by atoms with van der Waals surface area (Å²) in [6.45, 7) is 3.68. The molecule has 0 aromatic heterocycles. The Balaban J connectivity index is 0.00000320. The van der Waals surface area contributed by atoms with E-state index in [4.69, 9.17) is 0 Å². The third kappa shape index (κ3) is 6.33. The van der Waals surface area contributed by atoms with E-state index in [1.165, 1.54) is 18.4 Å². The first-order chi connectivity index (χ1) is 14.0. The van der Waals surface area contributed by atoms with E-state index in [1.807, 2.05) is 14.1 Å². The van der Waals surface area contributed by atoms with E-state index in [0.29, 0.717) is 12.6 Å². The SMILES string of the molecule is CN=C(NCC1CCCN1Cc1ccccc1)NCC1(C(=O)N(C)C)CCCC1.I. The van der Waals surface area contributed by atoms with Crippen LogP contribution in [0.3, 0.4) is 0 Å². The zero-order chi connectivity index (χ0) is 20.7. The van der Waals surface area contributed by atoms with Gasteiger partial charge >= 0.3 is 0 Å². The van der Waals surface area contributed by atoms with Gasteiger partial charge in [0, 0.05) is 46.8 Å². The summed E-state index contributed by atoms with van der Waals surface area (Å²) < 4.78 is 0. The van der Waals surface area contributed by atoms with E-state index in [1.54, 1.807) is 11.9 Å². The van der Waals surface area contributed by atoms with E-state index in [-0.39, 0.29) is 35.3 Å². The predicted molar refractivity (Wildman–Crippen MR) is 134 cm³/mol. The van der Waals surface area contributed by atoms with Crippen LogP contribution in [0.2, 0.25) is 0 Å². The van der Waals surface area contributed by atoms with Gasteiger partial charge in [-0.05, 0) is 37.8 Å². The average Bonchev–Trinajstić information content (AvgIpc) is 3.38. The Bertz CT molecular complexity index is 688. The van der Waals surface area contributed by atoms with E-state index < -0.39 is 0 Å². The maximum Gasteiger partial charge on any atom is 0.230 e. The second-order valence-corrected chi connectivity index (χ2v) is 8.75. The van der Waals surface area contributed by atoms with Gasteiger partial charge in [0.2, 0.25) is 5.91 Å². The summed E-state index contributed by atoms with van der Waals surface area (Å²) in [5.41, 5.74) is 1.08. The molecular formula is C23H38IN5O. The number of amides is 1. The molecule has 6 nitrogen and oxygen atoms in total. The van der Waals surface area contributed by atoms with Crippen molar-refractivity contribution in [3.05, 3.63) is 35.9 Å². The van der Waals surface area contributed by atoms with Crippen molar-refractivity contribution in [3.8, 4) is 0 Å². The smallest absolute Gasteiger partial charge is 0.230 e. The molecule has 0 bridgehead atoms. The Labute approximate surface area is 198 Å². The van der Waals surface area contributed by atoms with Crippen LogP contribution in [-0.4, -0.2) is 68.5 Å². The summed E-state index contributed by atoms with van der Waals surface area (Å²) in [7, 11) is 5.52. The summed E-state index contributed by atoms with van der Waals surface area (Å²) in [5, 5.41) is 6.96. The number of rotatable bonds is 7. The van der Waals surface area contributed by atoms with Crippen molar-refractivity contribution in [2.24, 2.45) is 10.4 Å². The average molecular weight is 527 g/mol. The molecule has 0 spiro atoms. The standard InChI is InChI=1S/C23H37N5O.HI/c1-24-22(26-18-23(13-7-8-14-23)21(29)27(2)3)25-16-20-12-9-15-28(20)17-19-10-5-4-6-11-19;/h4-6,10-11,20H,7-9,12-18H2,1-3H3,(H2,24,25,26);1H. The molecule has 1 unspecified atom stereocenters.